The van der Waals surface area contributed by atoms with Crippen LogP contribution in [-0.4, -0.2) is 50.3 Å². The van der Waals surface area contributed by atoms with Gasteiger partial charge in [-0.05, 0) is 26.2 Å². The average Bonchev–Trinajstić information content (AvgIpc) is 2.72. The fourth-order valence-electron chi connectivity index (χ4n) is 1.96. The lowest BCUT2D eigenvalue weighted by atomic mass is 9.99. The van der Waals surface area contributed by atoms with Gasteiger partial charge in [-0.15, -0.1) is 0 Å². The highest BCUT2D eigenvalue weighted by molar-refractivity contribution is 8.04. The van der Waals surface area contributed by atoms with Gasteiger partial charge in [-0.25, -0.2) is 16.8 Å². The molecule has 0 aromatic heterocycles. The summed E-state index contributed by atoms with van der Waals surface area (Å²) in [7, 11) is -13.5. The standard InChI is InChI=1S/C9H13F6NO5S2/c1-7(3-2-6-21-7)4-5-16(22(17,18)8(10,11)12)23(19,20)9(13,14)15/h2-6H2,1H3. The zero-order chi connectivity index (χ0) is 18.3. The van der Waals surface area contributed by atoms with Gasteiger partial charge in [-0.3, -0.25) is 0 Å². The zero-order valence-electron chi connectivity index (χ0n) is 11.6. The van der Waals surface area contributed by atoms with E-state index in [9.17, 15) is 43.2 Å². The molecule has 0 N–H and O–H groups in total. The van der Waals surface area contributed by atoms with Gasteiger partial charge in [0, 0.05) is 13.2 Å². The van der Waals surface area contributed by atoms with E-state index in [-0.39, 0.29) is 13.0 Å². The Morgan fingerprint density at radius 3 is 1.74 bits per heavy atom. The van der Waals surface area contributed by atoms with Gasteiger partial charge in [0.05, 0.1) is 5.60 Å². The molecule has 0 saturated carbocycles. The molecule has 0 radical (unpaired) electrons. The summed E-state index contributed by atoms with van der Waals surface area (Å²) >= 11 is 0. The first-order valence-electron chi connectivity index (χ1n) is 6.09. The number of hydrogen-bond donors (Lipinski definition) is 0. The van der Waals surface area contributed by atoms with E-state index < -0.39 is 53.3 Å². The van der Waals surface area contributed by atoms with Crippen LogP contribution in [0.1, 0.15) is 26.2 Å². The Labute approximate surface area is 128 Å². The molecule has 0 bridgehead atoms. The monoisotopic (exact) mass is 393 g/mol. The number of nitrogens with zero attached hydrogens (tertiary/aromatic N) is 1. The Morgan fingerprint density at radius 1 is 1.00 bits per heavy atom. The van der Waals surface area contributed by atoms with E-state index >= 15 is 0 Å². The van der Waals surface area contributed by atoms with Gasteiger partial charge in [0.1, 0.15) is 0 Å². The van der Waals surface area contributed by atoms with Crippen molar-refractivity contribution in [2.24, 2.45) is 0 Å². The number of halogens is 6. The summed E-state index contributed by atoms with van der Waals surface area (Å²) in [5.41, 5.74) is -13.6. The fraction of sp³-hybridized carbons (Fsp3) is 1.00. The normalized spacial score (nSPS) is 24.3. The quantitative estimate of drug-likeness (QED) is 0.667. The summed E-state index contributed by atoms with van der Waals surface area (Å²) in [4.78, 5) is 0. The molecule has 0 aliphatic carbocycles. The third-order valence-corrected chi connectivity index (χ3v) is 7.03. The third-order valence-electron chi connectivity index (χ3n) is 3.24. The van der Waals surface area contributed by atoms with E-state index in [0.29, 0.717) is 6.42 Å². The Balaban J connectivity index is 3.23. The lowest BCUT2D eigenvalue weighted by Crippen LogP contribution is -2.50. The van der Waals surface area contributed by atoms with E-state index in [2.05, 4.69) is 0 Å². The van der Waals surface area contributed by atoms with Crippen molar-refractivity contribution in [2.75, 3.05) is 13.2 Å². The first-order chi connectivity index (χ1) is 10.0. The molecule has 0 spiro atoms. The van der Waals surface area contributed by atoms with Gasteiger partial charge in [-0.1, -0.05) is 3.71 Å². The minimum atomic E-state index is -6.73. The molecule has 0 aromatic rings. The lowest BCUT2D eigenvalue weighted by molar-refractivity contribution is -0.0542. The van der Waals surface area contributed by atoms with Crippen LogP contribution in [0.5, 0.6) is 0 Å². The van der Waals surface area contributed by atoms with Gasteiger partial charge in [0.25, 0.3) is 0 Å². The molecular formula is C9H13F6NO5S2. The molecule has 1 unspecified atom stereocenters. The summed E-state index contributed by atoms with van der Waals surface area (Å²) in [6, 6.07) is 0. The maximum Gasteiger partial charge on any atom is 0.512 e. The average molecular weight is 393 g/mol. The molecular weight excluding hydrogens is 380 g/mol. The SMILES string of the molecule is CC1(CCN(S(=O)(=O)C(F)(F)F)S(=O)(=O)C(F)(F)F)CCCO1. The van der Waals surface area contributed by atoms with E-state index in [1.807, 2.05) is 0 Å². The van der Waals surface area contributed by atoms with Gasteiger partial charge in [0.2, 0.25) is 0 Å². The molecule has 14 heteroatoms. The molecule has 6 nitrogen and oxygen atoms in total. The summed E-state index contributed by atoms with van der Waals surface area (Å²) < 4.78 is 124. The van der Waals surface area contributed by atoms with Crippen molar-refractivity contribution in [1.82, 2.24) is 3.71 Å². The van der Waals surface area contributed by atoms with E-state index in [4.69, 9.17) is 4.74 Å². The number of alkyl halides is 6. The van der Waals surface area contributed by atoms with E-state index in [0.717, 1.165) is 0 Å². The Hall–Kier alpha value is -0.600. The van der Waals surface area contributed by atoms with Crippen molar-refractivity contribution in [3.63, 3.8) is 0 Å². The molecule has 0 amide bonds. The summed E-state index contributed by atoms with van der Waals surface area (Å²) in [5.74, 6) is 0. The van der Waals surface area contributed by atoms with Crippen LogP contribution < -0.4 is 0 Å². The van der Waals surface area contributed by atoms with Crippen molar-refractivity contribution in [1.29, 1.82) is 0 Å². The second kappa shape index (κ2) is 6.04. The molecule has 1 rings (SSSR count). The highest BCUT2D eigenvalue weighted by atomic mass is 32.3. The molecule has 23 heavy (non-hydrogen) atoms. The summed E-state index contributed by atoms with van der Waals surface area (Å²) in [5, 5.41) is 0. The smallest absolute Gasteiger partial charge is 0.375 e. The Kier molecular flexibility index (Phi) is 5.37. The highest BCUT2D eigenvalue weighted by Gasteiger charge is 2.61. The molecule has 1 fully saturated rings. The van der Waals surface area contributed by atoms with Crippen molar-refractivity contribution in [2.45, 2.75) is 42.8 Å². The summed E-state index contributed by atoms with van der Waals surface area (Å²) in [6.07, 6.45) is 0.0745. The first kappa shape index (κ1) is 20.4. The van der Waals surface area contributed by atoms with Gasteiger partial charge in [-0.2, -0.15) is 26.3 Å². The van der Waals surface area contributed by atoms with Crippen LogP contribution >= 0.6 is 0 Å². The van der Waals surface area contributed by atoms with Crippen molar-refractivity contribution < 1.29 is 47.9 Å². The molecule has 1 heterocycles. The van der Waals surface area contributed by atoms with Crippen molar-refractivity contribution in [3.05, 3.63) is 0 Å². The highest BCUT2D eigenvalue weighted by Crippen LogP contribution is 2.37. The second-order valence-electron chi connectivity index (χ2n) is 5.05. The maximum atomic E-state index is 12.5. The van der Waals surface area contributed by atoms with Gasteiger partial charge in [0.15, 0.2) is 0 Å². The summed E-state index contributed by atoms with van der Waals surface area (Å²) in [6.45, 7) is 0.00727. The van der Waals surface area contributed by atoms with Crippen LogP contribution in [0.15, 0.2) is 0 Å². The predicted octanol–water partition coefficient (Wildman–Crippen LogP) is 1.95. The molecule has 1 saturated heterocycles. The van der Waals surface area contributed by atoms with E-state index in [1.165, 1.54) is 6.92 Å². The maximum absolute atomic E-state index is 12.5. The van der Waals surface area contributed by atoms with Gasteiger partial charge >= 0.3 is 31.1 Å². The van der Waals surface area contributed by atoms with Crippen LogP contribution in [0, 0.1) is 0 Å². The Bertz CT molecular complexity index is 588. The Morgan fingerprint density at radius 2 is 1.43 bits per heavy atom. The lowest BCUT2D eigenvalue weighted by Gasteiger charge is -2.28. The minimum absolute atomic E-state index is 0.189. The van der Waals surface area contributed by atoms with Crippen molar-refractivity contribution >= 4 is 20.0 Å². The first-order valence-corrected chi connectivity index (χ1v) is 8.97. The second-order valence-corrected chi connectivity index (χ2v) is 8.99. The fourth-order valence-corrected chi connectivity index (χ4v) is 4.63. The largest absolute Gasteiger partial charge is 0.512 e. The van der Waals surface area contributed by atoms with Crippen molar-refractivity contribution in [3.8, 4) is 0 Å². The number of rotatable bonds is 5. The van der Waals surface area contributed by atoms with Gasteiger partial charge < -0.3 is 4.74 Å². The topological polar surface area (TPSA) is 80.8 Å². The zero-order valence-corrected chi connectivity index (χ0v) is 13.2. The van der Waals surface area contributed by atoms with Crippen LogP contribution in [-0.2, 0) is 24.8 Å². The molecule has 1 atom stereocenters. The van der Waals surface area contributed by atoms with Crippen LogP contribution in [0.25, 0.3) is 0 Å². The molecule has 0 aromatic carbocycles. The van der Waals surface area contributed by atoms with Crippen LogP contribution in [0.3, 0.4) is 0 Å². The predicted molar refractivity (Wildman–Crippen MR) is 64.9 cm³/mol. The van der Waals surface area contributed by atoms with Crippen LogP contribution in [0.2, 0.25) is 0 Å². The number of ether oxygens (including phenoxy) is 1. The molecule has 138 valence electrons. The molecule has 1 aliphatic rings. The number of sulfonamides is 2. The molecule has 1 aliphatic heterocycles. The number of hydrogen-bond acceptors (Lipinski definition) is 5. The van der Waals surface area contributed by atoms with E-state index in [1.54, 1.807) is 0 Å². The van der Waals surface area contributed by atoms with Crippen LogP contribution in [0.4, 0.5) is 26.3 Å². The third kappa shape index (κ3) is 4.09. The minimum Gasteiger partial charge on any atom is -0.375 e.